The Bertz CT molecular complexity index is 505. The largest absolute Gasteiger partial charge is 0.393 e. The molecule has 1 fully saturated rings. The lowest BCUT2D eigenvalue weighted by atomic mass is 9.94. The highest BCUT2D eigenvalue weighted by atomic mass is 32.2. The average molecular weight is 304 g/mol. The van der Waals surface area contributed by atoms with Crippen LogP contribution in [0.25, 0.3) is 0 Å². The molecule has 0 bridgehead atoms. The van der Waals surface area contributed by atoms with Crippen molar-refractivity contribution in [1.29, 1.82) is 0 Å². The Kier molecular flexibility index (Phi) is 4.97. The summed E-state index contributed by atoms with van der Waals surface area (Å²) < 4.78 is 27.5. The molecule has 1 heterocycles. The molecule has 5 nitrogen and oxygen atoms in total. The van der Waals surface area contributed by atoms with Gasteiger partial charge < -0.3 is 10.8 Å². The number of sulfonamides is 1. The number of thiophene rings is 1. The van der Waals surface area contributed by atoms with Crippen molar-refractivity contribution in [1.82, 2.24) is 4.72 Å². The molecule has 1 aliphatic rings. The summed E-state index contributed by atoms with van der Waals surface area (Å²) in [7, 11) is -3.43. The normalized spacial score (nSPS) is 24.5. The topological polar surface area (TPSA) is 92.4 Å². The minimum absolute atomic E-state index is 0.0616. The van der Waals surface area contributed by atoms with E-state index in [4.69, 9.17) is 5.73 Å². The third-order valence-electron chi connectivity index (χ3n) is 3.31. The van der Waals surface area contributed by atoms with E-state index >= 15 is 0 Å². The zero-order valence-corrected chi connectivity index (χ0v) is 12.3. The quantitative estimate of drug-likeness (QED) is 0.751. The van der Waals surface area contributed by atoms with Crippen molar-refractivity contribution in [3.63, 3.8) is 0 Å². The summed E-state index contributed by atoms with van der Waals surface area (Å²) in [4.78, 5) is 0.988. The highest BCUT2D eigenvalue weighted by molar-refractivity contribution is 7.91. The molecule has 0 aromatic carbocycles. The molecule has 1 saturated carbocycles. The Labute approximate surface area is 117 Å². The number of nitrogens with two attached hydrogens (primary N) is 1. The smallest absolute Gasteiger partial charge is 0.250 e. The van der Waals surface area contributed by atoms with Gasteiger partial charge in [0.05, 0.1) is 6.10 Å². The first kappa shape index (κ1) is 14.9. The van der Waals surface area contributed by atoms with Gasteiger partial charge in [-0.15, -0.1) is 11.3 Å². The number of rotatable bonds is 5. The van der Waals surface area contributed by atoms with Crippen LogP contribution >= 0.6 is 11.3 Å². The van der Waals surface area contributed by atoms with E-state index in [1.807, 2.05) is 6.07 Å². The molecule has 2 rings (SSSR count). The third kappa shape index (κ3) is 4.00. The van der Waals surface area contributed by atoms with Crippen LogP contribution in [0.3, 0.4) is 0 Å². The number of hydrogen-bond acceptors (Lipinski definition) is 5. The van der Waals surface area contributed by atoms with E-state index in [1.54, 1.807) is 6.07 Å². The maximum absolute atomic E-state index is 12.2. The molecule has 0 saturated heterocycles. The van der Waals surface area contributed by atoms with Crippen LogP contribution in [0.2, 0.25) is 0 Å². The van der Waals surface area contributed by atoms with Gasteiger partial charge in [0.25, 0.3) is 0 Å². The van der Waals surface area contributed by atoms with Crippen molar-refractivity contribution >= 4 is 21.4 Å². The predicted octanol–water partition coefficient (Wildman–Crippen LogP) is 0.831. The van der Waals surface area contributed by atoms with Crippen LogP contribution in [-0.2, 0) is 16.4 Å². The van der Waals surface area contributed by atoms with Gasteiger partial charge in [0.2, 0.25) is 10.0 Å². The molecule has 0 radical (unpaired) electrons. The van der Waals surface area contributed by atoms with Crippen molar-refractivity contribution in [3.05, 3.63) is 17.0 Å². The van der Waals surface area contributed by atoms with E-state index in [-0.39, 0.29) is 12.1 Å². The standard InChI is InChI=1S/C12H20N2O3S2/c13-8-7-11-5-6-12(18-11)19(16,17)14-9-1-3-10(15)4-2-9/h5-6,9-10,14-15H,1-4,7-8,13H2. The van der Waals surface area contributed by atoms with E-state index in [0.717, 1.165) is 4.88 Å². The SMILES string of the molecule is NCCc1ccc(S(=O)(=O)NC2CCC(O)CC2)s1. The fourth-order valence-corrected chi connectivity index (χ4v) is 4.94. The molecule has 0 aliphatic heterocycles. The maximum Gasteiger partial charge on any atom is 0.250 e. The maximum atomic E-state index is 12.2. The van der Waals surface area contributed by atoms with Crippen LogP contribution in [0.5, 0.6) is 0 Å². The first-order chi connectivity index (χ1) is 9.01. The average Bonchev–Trinajstić information content (AvgIpc) is 2.82. The highest BCUT2D eigenvalue weighted by Crippen LogP contribution is 2.24. The predicted molar refractivity (Wildman–Crippen MR) is 75.7 cm³/mol. The molecule has 7 heteroatoms. The lowest BCUT2D eigenvalue weighted by Crippen LogP contribution is -2.38. The zero-order valence-electron chi connectivity index (χ0n) is 10.7. The second-order valence-corrected chi connectivity index (χ2v) is 8.00. The summed E-state index contributed by atoms with van der Waals surface area (Å²) >= 11 is 1.27. The number of nitrogens with one attached hydrogen (secondary N) is 1. The summed E-state index contributed by atoms with van der Waals surface area (Å²) in [5, 5.41) is 9.42. The van der Waals surface area contributed by atoms with Crippen molar-refractivity contribution in [2.75, 3.05) is 6.54 Å². The molecular formula is C12H20N2O3S2. The van der Waals surface area contributed by atoms with Crippen LogP contribution in [0.15, 0.2) is 16.3 Å². The summed E-state index contributed by atoms with van der Waals surface area (Å²) in [5.41, 5.74) is 5.46. The number of aliphatic hydroxyl groups excluding tert-OH is 1. The van der Waals surface area contributed by atoms with Crippen molar-refractivity contribution < 1.29 is 13.5 Å². The molecule has 4 N–H and O–H groups in total. The second kappa shape index (κ2) is 6.32. The van der Waals surface area contributed by atoms with E-state index in [0.29, 0.717) is 42.9 Å². The van der Waals surface area contributed by atoms with E-state index in [9.17, 15) is 13.5 Å². The molecule has 0 spiro atoms. The first-order valence-corrected chi connectivity index (χ1v) is 8.80. The number of hydrogen-bond donors (Lipinski definition) is 3. The molecular weight excluding hydrogens is 284 g/mol. The van der Waals surface area contributed by atoms with E-state index < -0.39 is 10.0 Å². The molecule has 0 unspecified atom stereocenters. The third-order valence-corrected chi connectivity index (χ3v) is 6.47. The van der Waals surface area contributed by atoms with Gasteiger partial charge in [-0.2, -0.15) is 0 Å². The second-order valence-electron chi connectivity index (χ2n) is 4.89. The van der Waals surface area contributed by atoms with Gasteiger partial charge in [-0.1, -0.05) is 0 Å². The first-order valence-electron chi connectivity index (χ1n) is 6.50. The Morgan fingerprint density at radius 1 is 1.32 bits per heavy atom. The van der Waals surface area contributed by atoms with Gasteiger partial charge in [0.15, 0.2) is 0 Å². The van der Waals surface area contributed by atoms with Crippen molar-refractivity contribution in [2.45, 2.75) is 48.5 Å². The monoisotopic (exact) mass is 304 g/mol. The van der Waals surface area contributed by atoms with Crippen LogP contribution in [0.4, 0.5) is 0 Å². The van der Waals surface area contributed by atoms with Gasteiger partial charge in [0.1, 0.15) is 4.21 Å². The Hall–Kier alpha value is -0.470. The lowest BCUT2D eigenvalue weighted by molar-refractivity contribution is 0.120. The Morgan fingerprint density at radius 3 is 2.63 bits per heavy atom. The molecule has 1 aliphatic carbocycles. The molecule has 1 aromatic rings. The lowest BCUT2D eigenvalue weighted by Gasteiger charge is -2.25. The number of aliphatic hydroxyl groups is 1. The van der Waals surface area contributed by atoms with Gasteiger partial charge in [0, 0.05) is 10.9 Å². The van der Waals surface area contributed by atoms with Crippen LogP contribution in [0, 0.1) is 0 Å². The van der Waals surface area contributed by atoms with Gasteiger partial charge in [-0.25, -0.2) is 13.1 Å². The summed E-state index contributed by atoms with van der Waals surface area (Å²) in [6.07, 6.45) is 3.14. The van der Waals surface area contributed by atoms with Gasteiger partial charge >= 0.3 is 0 Å². The van der Waals surface area contributed by atoms with Gasteiger partial charge in [-0.05, 0) is 50.8 Å². The summed E-state index contributed by atoms with van der Waals surface area (Å²) in [6, 6.07) is 3.39. The Morgan fingerprint density at radius 2 is 2.00 bits per heavy atom. The highest BCUT2D eigenvalue weighted by Gasteiger charge is 2.25. The molecule has 108 valence electrons. The molecule has 0 atom stereocenters. The van der Waals surface area contributed by atoms with Crippen molar-refractivity contribution in [2.24, 2.45) is 5.73 Å². The fraction of sp³-hybridized carbons (Fsp3) is 0.667. The van der Waals surface area contributed by atoms with E-state index in [1.165, 1.54) is 11.3 Å². The fourth-order valence-electron chi connectivity index (χ4n) is 2.25. The van der Waals surface area contributed by atoms with Crippen LogP contribution in [-0.4, -0.2) is 32.2 Å². The van der Waals surface area contributed by atoms with Crippen LogP contribution in [0.1, 0.15) is 30.6 Å². The van der Waals surface area contributed by atoms with E-state index in [2.05, 4.69) is 4.72 Å². The zero-order chi connectivity index (χ0) is 13.9. The van der Waals surface area contributed by atoms with Gasteiger partial charge in [-0.3, -0.25) is 0 Å². The minimum atomic E-state index is -3.43. The molecule has 0 amide bonds. The molecule has 19 heavy (non-hydrogen) atoms. The molecule has 1 aromatic heterocycles. The minimum Gasteiger partial charge on any atom is -0.393 e. The Balaban J connectivity index is 2.01. The summed E-state index contributed by atoms with van der Waals surface area (Å²) in [5.74, 6) is 0. The summed E-state index contributed by atoms with van der Waals surface area (Å²) in [6.45, 7) is 0.522. The van der Waals surface area contributed by atoms with Crippen molar-refractivity contribution in [3.8, 4) is 0 Å². The van der Waals surface area contributed by atoms with Crippen LogP contribution < -0.4 is 10.5 Å².